The molecule has 1 saturated heterocycles. The molecule has 25 heavy (non-hydrogen) atoms. The lowest BCUT2D eigenvalue weighted by Gasteiger charge is -2.21. The summed E-state index contributed by atoms with van der Waals surface area (Å²) in [5.41, 5.74) is 3.30. The van der Waals surface area contributed by atoms with E-state index >= 15 is 0 Å². The molecule has 0 saturated carbocycles. The van der Waals surface area contributed by atoms with Crippen molar-refractivity contribution in [3.8, 4) is 0 Å². The van der Waals surface area contributed by atoms with Crippen LogP contribution >= 0.6 is 11.3 Å². The molecule has 0 aliphatic carbocycles. The molecule has 3 aromatic rings. The van der Waals surface area contributed by atoms with Gasteiger partial charge in [0.05, 0.1) is 16.3 Å². The summed E-state index contributed by atoms with van der Waals surface area (Å²) in [6, 6.07) is 16.5. The zero-order valence-corrected chi connectivity index (χ0v) is 15.0. The second-order valence-electron chi connectivity index (χ2n) is 6.45. The summed E-state index contributed by atoms with van der Waals surface area (Å²) in [4.78, 5) is 19.4. The number of thiazole rings is 1. The number of benzene rings is 2. The molecule has 0 N–H and O–H groups in total. The topological polar surface area (TPSA) is 33.2 Å². The number of nitrogens with zero attached hydrogens (tertiary/aromatic N) is 2. The highest BCUT2D eigenvalue weighted by molar-refractivity contribution is 7.18. The molecule has 1 aliphatic rings. The fourth-order valence-corrected chi connectivity index (χ4v) is 4.38. The summed E-state index contributed by atoms with van der Waals surface area (Å²) in [6.45, 7) is 2.86. The van der Waals surface area contributed by atoms with Crippen LogP contribution in [0.4, 0.5) is 0 Å². The second kappa shape index (κ2) is 6.81. The van der Waals surface area contributed by atoms with E-state index < -0.39 is 0 Å². The zero-order valence-electron chi connectivity index (χ0n) is 14.2. The SMILES string of the molecule is Cc1ccc(C=CC(=O)N2CCCC2c2nc3ccccc3s2)cc1. The lowest BCUT2D eigenvalue weighted by Crippen LogP contribution is -2.28. The second-order valence-corrected chi connectivity index (χ2v) is 7.52. The quantitative estimate of drug-likeness (QED) is 0.625. The number of rotatable bonds is 3. The summed E-state index contributed by atoms with van der Waals surface area (Å²) < 4.78 is 1.19. The fraction of sp³-hybridized carbons (Fsp3) is 0.238. The highest BCUT2D eigenvalue weighted by Gasteiger charge is 2.31. The molecule has 0 bridgehead atoms. The van der Waals surface area contributed by atoms with Crippen LogP contribution in [0, 0.1) is 6.92 Å². The lowest BCUT2D eigenvalue weighted by atomic mass is 10.1. The molecular weight excluding hydrogens is 328 g/mol. The van der Waals surface area contributed by atoms with Crippen LogP contribution in [-0.2, 0) is 4.79 Å². The van der Waals surface area contributed by atoms with Gasteiger partial charge in [0.2, 0.25) is 5.91 Å². The van der Waals surface area contributed by atoms with Crippen LogP contribution in [0.1, 0.15) is 35.0 Å². The minimum absolute atomic E-state index is 0.0716. The Labute approximate surface area is 151 Å². The average Bonchev–Trinajstić information content (AvgIpc) is 3.27. The molecule has 1 fully saturated rings. The third-order valence-electron chi connectivity index (χ3n) is 4.63. The monoisotopic (exact) mass is 348 g/mol. The van der Waals surface area contributed by atoms with Gasteiger partial charge >= 0.3 is 0 Å². The molecule has 2 aromatic carbocycles. The summed E-state index contributed by atoms with van der Waals surface area (Å²) in [5, 5.41) is 1.05. The number of fused-ring (bicyclic) bond motifs is 1. The predicted molar refractivity (Wildman–Crippen MR) is 104 cm³/mol. The van der Waals surface area contributed by atoms with Gasteiger partial charge in [-0.1, -0.05) is 42.0 Å². The highest BCUT2D eigenvalue weighted by Crippen LogP contribution is 2.36. The van der Waals surface area contributed by atoms with Gasteiger partial charge in [0.1, 0.15) is 5.01 Å². The number of hydrogen-bond acceptors (Lipinski definition) is 3. The third kappa shape index (κ3) is 3.35. The zero-order chi connectivity index (χ0) is 17.2. The van der Waals surface area contributed by atoms with Gasteiger partial charge in [-0.3, -0.25) is 4.79 Å². The smallest absolute Gasteiger partial charge is 0.247 e. The first kappa shape index (κ1) is 16.0. The third-order valence-corrected chi connectivity index (χ3v) is 5.76. The van der Waals surface area contributed by atoms with Gasteiger partial charge in [-0.25, -0.2) is 4.98 Å². The Kier molecular flexibility index (Phi) is 4.36. The van der Waals surface area contributed by atoms with Crippen LogP contribution in [0.5, 0.6) is 0 Å². The van der Waals surface area contributed by atoms with Gasteiger partial charge in [0, 0.05) is 12.6 Å². The van der Waals surface area contributed by atoms with Crippen molar-refractivity contribution >= 4 is 33.5 Å². The van der Waals surface area contributed by atoms with Crippen molar-refractivity contribution in [2.24, 2.45) is 0 Å². The van der Waals surface area contributed by atoms with E-state index in [1.807, 2.05) is 41.3 Å². The molecule has 0 spiro atoms. The maximum Gasteiger partial charge on any atom is 0.247 e. The van der Waals surface area contributed by atoms with Crippen molar-refractivity contribution in [3.63, 3.8) is 0 Å². The number of carbonyl (C=O) groups is 1. The average molecular weight is 348 g/mol. The van der Waals surface area contributed by atoms with Crippen LogP contribution in [0.25, 0.3) is 16.3 Å². The number of amides is 1. The van der Waals surface area contributed by atoms with Crippen molar-refractivity contribution in [3.05, 3.63) is 70.7 Å². The molecule has 2 heterocycles. The highest BCUT2D eigenvalue weighted by atomic mass is 32.1. The molecule has 1 aliphatic heterocycles. The number of carbonyl (C=O) groups excluding carboxylic acids is 1. The Balaban J connectivity index is 1.54. The van der Waals surface area contributed by atoms with Crippen LogP contribution in [0.2, 0.25) is 0 Å². The lowest BCUT2D eigenvalue weighted by molar-refractivity contribution is -0.126. The first-order valence-corrected chi connectivity index (χ1v) is 9.43. The van der Waals surface area contributed by atoms with Gasteiger partial charge in [-0.2, -0.15) is 0 Å². The Morgan fingerprint density at radius 1 is 1.20 bits per heavy atom. The van der Waals surface area contributed by atoms with E-state index in [9.17, 15) is 4.79 Å². The Bertz CT molecular complexity index is 893. The summed E-state index contributed by atoms with van der Waals surface area (Å²) in [6.07, 6.45) is 5.61. The van der Waals surface area contributed by atoms with Crippen LogP contribution in [0.15, 0.2) is 54.6 Å². The van der Waals surface area contributed by atoms with Crippen molar-refractivity contribution in [2.45, 2.75) is 25.8 Å². The Morgan fingerprint density at radius 3 is 2.80 bits per heavy atom. The Morgan fingerprint density at radius 2 is 2.00 bits per heavy atom. The number of para-hydroxylation sites is 1. The van der Waals surface area contributed by atoms with Gasteiger partial charge in [0.15, 0.2) is 0 Å². The maximum atomic E-state index is 12.7. The van der Waals surface area contributed by atoms with Crippen molar-refractivity contribution in [1.82, 2.24) is 9.88 Å². The molecular formula is C21H20N2OS. The molecule has 4 heteroatoms. The molecule has 1 unspecified atom stereocenters. The normalized spacial score (nSPS) is 17.6. The number of likely N-dealkylation sites (tertiary alicyclic amines) is 1. The van der Waals surface area contributed by atoms with Gasteiger partial charge in [-0.15, -0.1) is 11.3 Å². The first-order chi connectivity index (χ1) is 12.2. The first-order valence-electron chi connectivity index (χ1n) is 8.61. The molecule has 126 valence electrons. The molecule has 1 amide bonds. The number of hydrogen-bond donors (Lipinski definition) is 0. The summed E-state index contributed by atoms with van der Waals surface area (Å²) in [5.74, 6) is 0.0716. The van der Waals surface area contributed by atoms with E-state index in [-0.39, 0.29) is 11.9 Å². The standard InChI is InChI=1S/C21H20N2OS/c1-15-8-10-16(11-9-15)12-13-20(24)23-14-4-6-18(23)21-22-17-5-2-3-7-19(17)25-21/h2-3,5,7-13,18H,4,6,14H2,1H3. The predicted octanol–water partition coefficient (Wildman–Crippen LogP) is 4.98. The molecule has 1 atom stereocenters. The molecule has 3 nitrogen and oxygen atoms in total. The van der Waals surface area contributed by atoms with Crippen LogP contribution in [-0.4, -0.2) is 22.3 Å². The molecule has 0 radical (unpaired) electrons. The fourth-order valence-electron chi connectivity index (χ4n) is 3.26. The van der Waals surface area contributed by atoms with Crippen LogP contribution < -0.4 is 0 Å². The van der Waals surface area contributed by atoms with E-state index in [0.717, 1.165) is 35.5 Å². The van der Waals surface area contributed by atoms with Gasteiger partial charge in [0.25, 0.3) is 0 Å². The van der Waals surface area contributed by atoms with E-state index in [2.05, 4.69) is 25.1 Å². The van der Waals surface area contributed by atoms with Gasteiger partial charge in [-0.05, 0) is 43.5 Å². The largest absolute Gasteiger partial charge is 0.330 e. The van der Waals surface area contributed by atoms with Crippen molar-refractivity contribution in [2.75, 3.05) is 6.54 Å². The minimum atomic E-state index is 0.0716. The van der Waals surface area contributed by atoms with E-state index in [0.29, 0.717) is 0 Å². The van der Waals surface area contributed by atoms with Crippen LogP contribution in [0.3, 0.4) is 0 Å². The van der Waals surface area contributed by atoms with Gasteiger partial charge < -0.3 is 4.90 Å². The van der Waals surface area contributed by atoms with E-state index in [1.165, 1.54) is 10.3 Å². The van der Waals surface area contributed by atoms with E-state index in [4.69, 9.17) is 4.98 Å². The molecule has 1 aromatic heterocycles. The minimum Gasteiger partial charge on any atom is -0.330 e. The van der Waals surface area contributed by atoms with E-state index in [1.54, 1.807) is 17.4 Å². The number of aromatic nitrogens is 1. The molecule has 4 rings (SSSR count). The Hall–Kier alpha value is -2.46. The summed E-state index contributed by atoms with van der Waals surface area (Å²) in [7, 11) is 0. The number of aryl methyl sites for hydroxylation is 1. The van der Waals surface area contributed by atoms with Crippen molar-refractivity contribution in [1.29, 1.82) is 0 Å². The maximum absolute atomic E-state index is 12.7. The van der Waals surface area contributed by atoms with Crippen molar-refractivity contribution < 1.29 is 4.79 Å². The summed E-state index contributed by atoms with van der Waals surface area (Å²) >= 11 is 1.70.